The minimum atomic E-state index is 1.11. The van der Waals surface area contributed by atoms with Gasteiger partial charge in [0.2, 0.25) is 0 Å². The summed E-state index contributed by atoms with van der Waals surface area (Å²) in [5.74, 6) is 0. The molecule has 0 fully saturated rings. The van der Waals surface area contributed by atoms with Crippen LogP contribution in [-0.4, -0.2) is 4.98 Å². The van der Waals surface area contributed by atoms with Crippen LogP contribution in [0.4, 0.5) is 0 Å². The molecule has 9 aromatic rings. The van der Waals surface area contributed by atoms with Gasteiger partial charge in [-0.3, -0.25) is 0 Å². The SMILES string of the molecule is c1cc(-c2ccc(-c3ccc(-c4cc5ccccc5c5ccccc45)cc3)[nH]2)cc(-c2cc3ccccc3c3ccccc23)c1. The van der Waals surface area contributed by atoms with Gasteiger partial charge in [0, 0.05) is 11.4 Å². The summed E-state index contributed by atoms with van der Waals surface area (Å²) in [6.45, 7) is 0. The van der Waals surface area contributed by atoms with Crippen LogP contribution >= 0.6 is 0 Å². The topological polar surface area (TPSA) is 15.8 Å². The number of hydrogen-bond donors (Lipinski definition) is 1. The molecule has 0 saturated carbocycles. The molecular formula is C44H29N. The minimum absolute atomic E-state index is 1.11. The van der Waals surface area contributed by atoms with Crippen molar-refractivity contribution in [1.29, 1.82) is 0 Å². The molecule has 8 aromatic carbocycles. The van der Waals surface area contributed by atoms with Crippen LogP contribution in [0, 0.1) is 0 Å². The lowest BCUT2D eigenvalue weighted by molar-refractivity contribution is 1.39. The average molecular weight is 572 g/mol. The van der Waals surface area contributed by atoms with Crippen molar-refractivity contribution in [1.82, 2.24) is 4.98 Å². The number of hydrogen-bond acceptors (Lipinski definition) is 0. The minimum Gasteiger partial charge on any atom is -0.355 e. The van der Waals surface area contributed by atoms with Gasteiger partial charge in [0.25, 0.3) is 0 Å². The molecule has 1 nitrogen and oxygen atoms in total. The molecule has 45 heavy (non-hydrogen) atoms. The Labute approximate surface area is 262 Å². The third kappa shape index (κ3) is 4.32. The first-order valence-electron chi connectivity index (χ1n) is 15.5. The van der Waals surface area contributed by atoms with Gasteiger partial charge < -0.3 is 4.98 Å². The summed E-state index contributed by atoms with van der Waals surface area (Å²) < 4.78 is 0. The van der Waals surface area contributed by atoms with Crippen LogP contribution in [0.1, 0.15) is 0 Å². The third-order valence-corrected chi connectivity index (χ3v) is 9.21. The quantitative estimate of drug-likeness (QED) is 0.202. The largest absolute Gasteiger partial charge is 0.355 e. The fourth-order valence-electron chi connectivity index (χ4n) is 7.00. The second-order valence-corrected chi connectivity index (χ2v) is 11.8. The second-order valence-electron chi connectivity index (χ2n) is 11.8. The third-order valence-electron chi connectivity index (χ3n) is 9.21. The van der Waals surface area contributed by atoms with E-state index in [4.69, 9.17) is 0 Å². The van der Waals surface area contributed by atoms with Crippen molar-refractivity contribution in [2.75, 3.05) is 0 Å². The fourth-order valence-corrected chi connectivity index (χ4v) is 7.00. The standard InChI is InChI=1S/C44H29N/c1-3-14-35-32(10-1)27-41(39-18-7-5-16-37(35)39)29-20-22-30(23-21-29)43-24-25-44(45-43)34-13-9-12-31(26-34)42-28-33-11-2-4-15-36(33)38-17-6-8-19-40(38)42/h1-28,45H. The number of nitrogens with one attached hydrogen (secondary N) is 1. The molecule has 0 amide bonds. The highest BCUT2D eigenvalue weighted by atomic mass is 14.7. The van der Waals surface area contributed by atoms with Gasteiger partial charge >= 0.3 is 0 Å². The Morgan fingerprint density at radius 3 is 1.31 bits per heavy atom. The Morgan fingerprint density at radius 1 is 0.267 bits per heavy atom. The van der Waals surface area contributed by atoms with Gasteiger partial charge in [0.1, 0.15) is 0 Å². The molecule has 1 aromatic heterocycles. The van der Waals surface area contributed by atoms with E-state index in [1.807, 2.05) is 0 Å². The summed E-state index contributed by atoms with van der Waals surface area (Å²) >= 11 is 0. The van der Waals surface area contributed by atoms with Crippen molar-refractivity contribution in [3.8, 4) is 44.8 Å². The van der Waals surface area contributed by atoms with Crippen molar-refractivity contribution in [2.24, 2.45) is 0 Å². The van der Waals surface area contributed by atoms with Crippen molar-refractivity contribution in [2.45, 2.75) is 0 Å². The summed E-state index contributed by atoms with van der Waals surface area (Å²) in [5.41, 5.74) is 9.54. The van der Waals surface area contributed by atoms with Crippen molar-refractivity contribution < 1.29 is 0 Å². The molecule has 210 valence electrons. The van der Waals surface area contributed by atoms with E-state index in [9.17, 15) is 0 Å². The molecule has 0 aliphatic rings. The summed E-state index contributed by atoms with van der Waals surface area (Å²) in [5, 5.41) is 10.3. The molecule has 0 aliphatic carbocycles. The van der Waals surface area contributed by atoms with Crippen molar-refractivity contribution >= 4 is 43.1 Å². The molecule has 0 saturated heterocycles. The summed E-state index contributed by atoms with van der Waals surface area (Å²) in [6, 6.07) is 61.7. The predicted octanol–water partition coefficient (Wildman–Crippen LogP) is 12.3. The van der Waals surface area contributed by atoms with Gasteiger partial charge in [0.15, 0.2) is 0 Å². The Bertz CT molecular complexity index is 2530. The van der Waals surface area contributed by atoms with E-state index < -0.39 is 0 Å². The van der Waals surface area contributed by atoms with E-state index in [0.29, 0.717) is 0 Å². The highest BCUT2D eigenvalue weighted by molar-refractivity contribution is 6.15. The Morgan fingerprint density at radius 2 is 0.711 bits per heavy atom. The zero-order chi connectivity index (χ0) is 29.7. The lowest BCUT2D eigenvalue weighted by Crippen LogP contribution is -1.86. The summed E-state index contributed by atoms with van der Waals surface area (Å²) in [4.78, 5) is 3.70. The summed E-state index contributed by atoms with van der Waals surface area (Å²) in [6.07, 6.45) is 0. The molecule has 0 aliphatic heterocycles. The molecule has 1 heterocycles. The van der Waals surface area contributed by atoms with Crippen LogP contribution in [0.2, 0.25) is 0 Å². The molecule has 9 rings (SSSR count). The van der Waals surface area contributed by atoms with Gasteiger partial charge in [-0.05, 0) is 107 Å². The van der Waals surface area contributed by atoms with E-state index in [0.717, 1.165) is 11.4 Å². The van der Waals surface area contributed by atoms with E-state index in [-0.39, 0.29) is 0 Å². The predicted molar refractivity (Wildman–Crippen MR) is 193 cm³/mol. The van der Waals surface area contributed by atoms with Gasteiger partial charge in [-0.1, -0.05) is 140 Å². The van der Waals surface area contributed by atoms with Crippen molar-refractivity contribution in [3.63, 3.8) is 0 Å². The zero-order valence-electron chi connectivity index (χ0n) is 24.7. The van der Waals surface area contributed by atoms with Crippen LogP contribution < -0.4 is 0 Å². The maximum Gasteiger partial charge on any atom is 0.0458 e. The summed E-state index contributed by atoms with van der Waals surface area (Å²) in [7, 11) is 0. The number of aromatic nitrogens is 1. The maximum atomic E-state index is 3.70. The highest BCUT2D eigenvalue weighted by Gasteiger charge is 2.12. The Hall–Kier alpha value is -5.92. The number of fused-ring (bicyclic) bond motifs is 6. The van der Waals surface area contributed by atoms with Crippen LogP contribution in [-0.2, 0) is 0 Å². The monoisotopic (exact) mass is 571 g/mol. The molecule has 1 N–H and O–H groups in total. The van der Waals surface area contributed by atoms with E-state index in [2.05, 4.69) is 175 Å². The molecule has 1 heteroatoms. The number of benzene rings is 8. The van der Waals surface area contributed by atoms with E-state index in [1.165, 1.54) is 76.5 Å². The first kappa shape index (κ1) is 25.6. The molecule has 0 atom stereocenters. The number of aromatic amines is 1. The molecule has 0 unspecified atom stereocenters. The fraction of sp³-hybridized carbons (Fsp3) is 0. The van der Waals surface area contributed by atoms with Gasteiger partial charge in [-0.25, -0.2) is 0 Å². The first-order chi connectivity index (χ1) is 22.3. The van der Waals surface area contributed by atoms with Crippen LogP contribution in [0.25, 0.3) is 87.9 Å². The Kier molecular flexibility index (Phi) is 5.89. The first-order valence-corrected chi connectivity index (χ1v) is 15.5. The van der Waals surface area contributed by atoms with Crippen LogP contribution in [0.15, 0.2) is 170 Å². The smallest absolute Gasteiger partial charge is 0.0458 e. The normalized spacial score (nSPS) is 11.6. The number of rotatable bonds is 4. The molecule has 0 radical (unpaired) electrons. The second kappa shape index (κ2) is 10.4. The molecular weight excluding hydrogens is 542 g/mol. The van der Waals surface area contributed by atoms with Crippen molar-refractivity contribution in [3.05, 3.63) is 170 Å². The highest BCUT2D eigenvalue weighted by Crippen LogP contribution is 2.38. The molecule has 0 bridgehead atoms. The lowest BCUT2D eigenvalue weighted by atomic mass is 9.92. The Balaban J connectivity index is 1.07. The number of H-pyrrole nitrogens is 1. The van der Waals surface area contributed by atoms with E-state index >= 15 is 0 Å². The maximum absolute atomic E-state index is 3.70. The van der Waals surface area contributed by atoms with Gasteiger partial charge in [-0.2, -0.15) is 0 Å². The van der Waals surface area contributed by atoms with Gasteiger partial charge in [0.05, 0.1) is 0 Å². The lowest BCUT2D eigenvalue weighted by Gasteiger charge is -2.12. The average Bonchev–Trinajstić information content (AvgIpc) is 3.62. The van der Waals surface area contributed by atoms with E-state index in [1.54, 1.807) is 0 Å². The van der Waals surface area contributed by atoms with Crippen LogP contribution in [0.5, 0.6) is 0 Å². The zero-order valence-corrected chi connectivity index (χ0v) is 24.7. The molecule has 0 spiro atoms. The van der Waals surface area contributed by atoms with Crippen LogP contribution in [0.3, 0.4) is 0 Å². The van der Waals surface area contributed by atoms with Gasteiger partial charge in [-0.15, -0.1) is 0 Å².